The van der Waals surface area contributed by atoms with E-state index < -0.39 is 27.3 Å². The first kappa shape index (κ1) is 21.9. The van der Waals surface area contributed by atoms with Gasteiger partial charge in [0.25, 0.3) is 10.0 Å². The van der Waals surface area contributed by atoms with Gasteiger partial charge in [-0.25, -0.2) is 27.2 Å². The standard InChI is InChI=1S/C20H16ClF2N5O3S/c1-31-20-18(8-11(21)9-24-20)32(29,30)28-16-7-5-14(22)13(19(16)23)4-2-12-3-6-15-17(26-12)10-25-27-15/h3,5-10,28H,2,4H2,1H3,(H,25,27). The Morgan fingerprint density at radius 2 is 1.97 bits per heavy atom. The molecule has 8 nitrogen and oxygen atoms in total. The number of ether oxygens (including phenoxy) is 1. The quantitative estimate of drug-likeness (QED) is 0.416. The molecule has 4 aromatic rings. The minimum Gasteiger partial charge on any atom is -0.480 e. The molecule has 0 spiro atoms. The number of rotatable bonds is 7. The minimum absolute atomic E-state index is 0.0361. The van der Waals surface area contributed by atoms with Crippen molar-refractivity contribution in [2.75, 3.05) is 11.8 Å². The molecule has 0 saturated heterocycles. The Labute approximate surface area is 186 Å². The molecule has 0 radical (unpaired) electrons. The van der Waals surface area contributed by atoms with E-state index in [0.29, 0.717) is 11.2 Å². The lowest BCUT2D eigenvalue weighted by atomic mass is 10.1. The van der Waals surface area contributed by atoms with E-state index in [9.17, 15) is 12.8 Å². The van der Waals surface area contributed by atoms with Gasteiger partial charge < -0.3 is 4.74 Å². The number of aromatic amines is 1. The number of aromatic nitrogens is 4. The van der Waals surface area contributed by atoms with Gasteiger partial charge in [0.15, 0.2) is 10.7 Å². The molecule has 3 aromatic heterocycles. The molecule has 3 heterocycles. The van der Waals surface area contributed by atoms with Crippen molar-refractivity contribution in [3.05, 3.63) is 70.6 Å². The van der Waals surface area contributed by atoms with E-state index in [1.165, 1.54) is 13.3 Å². The number of nitrogens with one attached hydrogen (secondary N) is 2. The van der Waals surface area contributed by atoms with Crippen molar-refractivity contribution in [2.24, 2.45) is 0 Å². The lowest BCUT2D eigenvalue weighted by Crippen LogP contribution is -2.16. The number of hydrogen-bond acceptors (Lipinski definition) is 6. The summed E-state index contributed by atoms with van der Waals surface area (Å²) >= 11 is 5.84. The highest BCUT2D eigenvalue weighted by Crippen LogP contribution is 2.29. The third kappa shape index (κ3) is 4.34. The zero-order valence-corrected chi connectivity index (χ0v) is 18.1. The van der Waals surface area contributed by atoms with E-state index in [2.05, 4.69) is 24.9 Å². The third-order valence-electron chi connectivity index (χ3n) is 4.68. The van der Waals surface area contributed by atoms with E-state index in [0.717, 1.165) is 23.7 Å². The normalized spacial score (nSPS) is 11.6. The van der Waals surface area contributed by atoms with Crippen LogP contribution in [0.3, 0.4) is 0 Å². The van der Waals surface area contributed by atoms with Crippen LogP contribution in [0.25, 0.3) is 11.0 Å². The molecule has 1 aromatic carbocycles. The van der Waals surface area contributed by atoms with Crippen LogP contribution >= 0.6 is 11.6 Å². The zero-order valence-electron chi connectivity index (χ0n) is 16.6. The fraction of sp³-hybridized carbons (Fsp3) is 0.150. The molecule has 0 bridgehead atoms. The number of fused-ring (bicyclic) bond motifs is 1. The van der Waals surface area contributed by atoms with Crippen molar-refractivity contribution in [2.45, 2.75) is 17.7 Å². The van der Waals surface area contributed by atoms with E-state index >= 15 is 4.39 Å². The highest BCUT2D eigenvalue weighted by molar-refractivity contribution is 7.92. The van der Waals surface area contributed by atoms with Crippen molar-refractivity contribution in [1.82, 2.24) is 20.2 Å². The van der Waals surface area contributed by atoms with Gasteiger partial charge in [-0.15, -0.1) is 0 Å². The molecular weight excluding hydrogens is 464 g/mol. The van der Waals surface area contributed by atoms with Crippen LogP contribution in [-0.2, 0) is 22.9 Å². The molecule has 0 aliphatic carbocycles. The average Bonchev–Trinajstić information content (AvgIpc) is 3.23. The van der Waals surface area contributed by atoms with Gasteiger partial charge in [-0.2, -0.15) is 5.10 Å². The highest BCUT2D eigenvalue weighted by atomic mass is 35.5. The van der Waals surface area contributed by atoms with Crippen LogP contribution in [0.2, 0.25) is 5.02 Å². The smallest absolute Gasteiger partial charge is 0.267 e. The summed E-state index contributed by atoms with van der Waals surface area (Å²) in [6.45, 7) is 0. The number of benzene rings is 1. The van der Waals surface area contributed by atoms with Gasteiger partial charge in [-0.05, 0) is 43.2 Å². The molecule has 4 rings (SSSR count). The summed E-state index contributed by atoms with van der Waals surface area (Å²) in [4.78, 5) is 7.79. The maximum absolute atomic E-state index is 15.1. The molecule has 12 heteroatoms. The Bertz CT molecular complexity index is 1410. The second-order valence-corrected chi connectivity index (χ2v) is 8.85. The van der Waals surface area contributed by atoms with Crippen molar-refractivity contribution in [3.8, 4) is 5.88 Å². The Hall–Kier alpha value is -3.31. The topological polar surface area (TPSA) is 110 Å². The van der Waals surface area contributed by atoms with Crippen LogP contribution in [0.1, 0.15) is 11.3 Å². The third-order valence-corrected chi connectivity index (χ3v) is 6.25. The first-order valence-corrected chi connectivity index (χ1v) is 11.1. The molecule has 0 atom stereocenters. The molecule has 0 amide bonds. The van der Waals surface area contributed by atoms with Crippen LogP contribution < -0.4 is 9.46 Å². The molecule has 0 aliphatic rings. The molecule has 0 unspecified atom stereocenters. The first-order chi connectivity index (χ1) is 15.3. The first-order valence-electron chi connectivity index (χ1n) is 9.26. The number of anilines is 1. The number of pyridine rings is 2. The molecule has 0 aliphatic heterocycles. The van der Waals surface area contributed by atoms with Crippen LogP contribution in [0.5, 0.6) is 5.88 Å². The number of hydrogen-bond donors (Lipinski definition) is 2. The Kier molecular flexibility index (Phi) is 5.94. The summed E-state index contributed by atoms with van der Waals surface area (Å²) < 4.78 is 62.1. The molecule has 0 fully saturated rings. The van der Waals surface area contributed by atoms with Gasteiger partial charge in [-0.3, -0.25) is 9.82 Å². The zero-order chi connectivity index (χ0) is 22.9. The fourth-order valence-corrected chi connectivity index (χ4v) is 4.55. The van der Waals surface area contributed by atoms with E-state index in [4.69, 9.17) is 16.3 Å². The second kappa shape index (κ2) is 8.67. The van der Waals surface area contributed by atoms with Gasteiger partial charge in [0.05, 0.1) is 29.5 Å². The van der Waals surface area contributed by atoms with Crippen molar-refractivity contribution < 1.29 is 21.9 Å². The minimum atomic E-state index is -4.32. The van der Waals surface area contributed by atoms with Crippen molar-refractivity contribution in [1.29, 1.82) is 0 Å². The predicted octanol–water partition coefficient (Wildman–Crippen LogP) is 3.88. The Morgan fingerprint density at radius 3 is 2.75 bits per heavy atom. The summed E-state index contributed by atoms with van der Waals surface area (Å²) in [6, 6.07) is 6.62. The SMILES string of the molecule is COc1ncc(Cl)cc1S(=O)(=O)Nc1ccc(F)c(CCc2ccc3[nH]ncc3n2)c1F. The lowest BCUT2D eigenvalue weighted by Gasteiger charge is -2.14. The van der Waals surface area contributed by atoms with Crippen molar-refractivity contribution in [3.63, 3.8) is 0 Å². The van der Waals surface area contributed by atoms with Crippen molar-refractivity contribution >= 4 is 38.3 Å². The van der Waals surface area contributed by atoms with Gasteiger partial charge in [0.1, 0.15) is 11.3 Å². The number of nitrogens with zero attached hydrogens (tertiary/aromatic N) is 3. The van der Waals surface area contributed by atoms with Gasteiger partial charge in [-0.1, -0.05) is 11.6 Å². The fourth-order valence-electron chi connectivity index (χ4n) is 3.12. The monoisotopic (exact) mass is 479 g/mol. The second-order valence-electron chi connectivity index (χ2n) is 6.76. The Balaban J connectivity index is 1.61. The van der Waals surface area contributed by atoms with Crippen LogP contribution in [-0.4, -0.2) is 35.7 Å². The molecule has 2 N–H and O–H groups in total. The van der Waals surface area contributed by atoms with Crippen LogP contribution in [0.4, 0.5) is 14.5 Å². The molecule has 166 valence electrons. The predicted molar refractivity (Wildman–Crippen MR) is 114 cm³/mol. The lowest BCUT2D eigenvalue weighted by molar-refractivity contribution is 0.385. The average molecular weight is 480 g/mol. The maximum atomic E-state index is 15.1. The molecule has 32 heavy (non-hydrogen) atoms. The number of methoxy groups -OCH3 is 1. The summed E-state index contributed by atoms with van der Waals surface area (Å²) in [5.74, 6) is -2.03. The summed E-state index contributed by atoms with van der Waals surface area (Å²) in [5, 5.41) is 6.71. The number of H-pyrrole nitrogens is 1. The van der Waals surface area contributed by atoms with E-state index in [1.54, 1.807) is 18.3 Å². The number of aryl methyl sites for hydroxylation is 1. The largest absolute Gasteiger partial charge is 0.480 e. The highest BCUT2D eigenvalue weighted by Gasteiger charge is 2.24. The number of sulfonamides is 1. The van der Waals surface area contributed by atoms with Crippen LogP contribution in [0, 0.1) is 11.6 Å². The summed E-state index contributed by atoms with van der Waals surface area (Å²) in [7, 11) is -3.09. The Morgan fingerprint density at radius 1 is 1.16 bits per heavy atom. The summed E-state index contributed by atoms with van der Waals surface area (Å²) in [5.41, 5.74) is 1.30. The van der Waals surface area contributed by atoms with Crippen LogP contribution in [0.15, 0.2) is 47.6 Å². The van der Waals surface area contributed by atoms with Gasteiger partial charge in [0.2, 0.25) is 5.88 Å². The van der Waals surface area contributed by atoms with E-state index in [1.807, 2.05) is 0 Å². The summed E-state index contributed by atoms with van der Waals surface area (Å²) in [6.07, 6.45) is 2.96. The van der Waals surface area contributed by atoms with Gasteiger partial charge in [0, 0.05) is 17.5 Å². The van der Waals surface area contributed by atoms with E-state index in [-0.39, 0.29) is 34.2 Å². The number of halogens is 3. The van der Waals surface area contributed by atoms with Gasteiger partial charge >= 0.3 is 0 Å². The maximum Gasteiger partial charge on any atom is 0.267 e. The molecular formula is C20H16ClF2N5O3S. The molecule has 0 saturated carbocycles.